The van der Waals surface area contributed by atoms with Gasteiger partial charge < -0.3 is 4.74 Å². The van der Waals surface area contributed by atoms with Gasteiger partial charge in [0.1, 0.15) is 11.9 Å². The highest BCUT2D eigenvalue weighted by Crippen LogP contribution is 2.50. The van der Waals surface area contributed by atoms with Crippen molar-refractivity contribution in [2.24, 2.45) is 5.41 Å². The molecule has 1 nitrogen and oxygen atoms in total. The van der Waals surface area contributed by atoms with Crippen LogP contribution in [0.15, 0.2) is 28.7 Å². The molecule has 0 amide bonds. The zero-order valence-corrected chi connectivity index (χ0v) is 12.7. The van der Waals surface area contributed by atoms with Crippen molar-refractivity contribution >= 4 is 31.9 Å². The van der Waals surface area contributed by atoms with E-state index in [0.29, 0.717) is 10.9 Å². The van der Waals surface area contributed by atoms with Crippen LogP contribution >= 0.6 is 31.9 Å². The van der Waals surface area contributed by atoms with Crippen LogP contribution in [-0.2, 0) is 0 Å². The Bertz CT molecular complexity index is 380. The molecule has 0 saturated heterocycles. The Labute approximate surface area is 114 Å². The molecule has 0 spiro atoms. The van der Waals surface area contributed by atoms with Crippen molar-refractivity contribution in [3.63, 3.8) is 0 Å². The van der Waals surface area contributed by atoms with Crippen molar-refractivity contribution in [1.82, 2.24) is 0 Å². The highest BCUT2D eigenvalue weighted by Gasteiger charge is 2.50. The van der Waals surface area contributed by atoms with Crippen molar-refractivity contribution in [2.75, 3.05) is 0 Å². The predicted molar refractivity (Wildman–Crippen MR) is 74.3 cm³/mol. The Hall–Kier alpha value is -0.0200. The minimum atomic E-state index is 0.266. The molecule has 0 heterocycles. The summed E-state index contributed by atoms with van der Waals surface area (Å²) < 4.78 is 7.12. The van der Waals surface area contributed by atoms with E-state index in [9.17, 15) is 0 Å². The van der Waals surface area contributed by atoms with E-state index in [2.05, 4.69) is 45.7 Å². The van der Waals surface area contributed by atoms with Crippen LogP contribution in [0, 0.1) is 5.41 Å². The van der Waals surface area contributed by atoms with E-state index < -0.39 is 0 Å². The summed E-state index contributed by atoms with van der Waals surface area (Å²) in [4.78, 5) is 0.585. The summed E-state index contributed by atoms with van der Waals surface area (Å²) in [5.41, 5.74) is 0.266. The zero-order chi connectivity index (χ0) is 11.8. The molecule has 0 N–H and O–H groups in total. The maximum Gasteiger partial charge on any atom is 0.120 e. The zero-order valence-electron chi connectivity index (χ0n) is 9.54. The summed E-state index contributed by atoms with van der Waals surface area (Å²) in [6.07, 6.45) is 2.56. The Balaban J connectivity index is 2.06. The average molecular weight is 348 g/mol. The van der Waals surface area contributed by atoms with Crippen molar-refractivity contribution in [3.05, 3.63) is 28.7 Å². The third kappa shape index (κ3) is 2.17. The van der Waals surface area contributed by atoms with E-state index >= 15 is 0 Å². The first kappa shape index (κ1) is 12.4. The minimum absolute atomic E-state index is 0.266. The van der Waals surface area contributed by atoms with Gasteiger partial charge in [0, 0.05) is 14.7 Å². The van der Waals surface area contributed by atoms with Gasteiger partial charge in [-0.2, -0.15) is 0 Å². The van der Waals surface area contributed by atoms with E-state index in [0.717, 1.165) is 23.1 Å². The molecule has 2 rings (SSSR count). The molecule has 3 atom stereocenters. The normalized spacial score (nSPS) is 33.2. The molecule has 88 valence electrons. The van der Waals surface area contributed by atoms with E-state index in [1.807, 2.05) is 24.3 Å². The lowest BCUT2D eigenvalue weighted by Gasteiger charge is -2.50. The lowest BCUT2D eigenvalue weighted by molar-refractivity contribution is -0.0243. The second kappa shape index (κ2) is 4.69. The van der Waals surface area contributed by atoms with Crippen LogP contribution in [0.4, 0.5) is 0 Å². The molecule has 0 bridgehead atoms. The first-order valence-electron chi connectivity index (χ1n) is 5.62. The predicted octanol–water partition coefficient (Wildman–Crippen LogP) is 4.78. The van der Waals surface area contributed by atoms with Crippen LogP contribution < -0.4 is 4.74 Å². The molecule has 1 saturated carbocycles. The van der Waals surface area contributed by atoms with Gasteiger partial charge in [0.25, 0.3) is 0 Å². The van der Waals surface area contributed by atoms with Crippen LogP contribution in [0.5, 0.6) is 5.75 Å². The van der Waals surface area contributed by atoms with Gasteiger partial charge in [-0.05, 0) is 31.0 Å². The van der Waals surface area contributed by atoms with Gasteiger partial charge in [-0.15, -0.1) is 0 Å². The fourth-order valence-electron chi connectivity index (χ4n) is 2.10. The highest BCUT2D eigenvalue weighted by atomic mass is 79.9. The standard InChI is InChI=1S/C13H16Br2O/c1-3-13(2)11(15)8-12(13)16-10-6-4-5-9(14)7-10/h4-7,11-12H,3,8H2,1-2H3. The van der Waals surface area contributed by atoms with E-state index in [1.165, 1.54) is 0 Å². The largest absolute Gasteiger partial charge is 0.490 e. The molecule has 1 aliphatic rings. The van der Waals surface area contributed by atoms with Crippen LogP contribution in [0.1, 0.15) is 26.7 Å². The SMILES string of the molecule is CCC1(C)C(Br)CC1Oc1cccc(Br)c1. The van der Waals surface area contributed by atoms with Crippen LogP contribution in [0.3, 0.4) is 0 Å². The van der Waals surface area contributed by atoms with Gasteiger partial charge in [0.2, 0.25) is 0 Å². The highest BCUT2D eigenvalue weighted by molar-refractivity contribution is 9.10. The maximum absolute atomic E-state index is 6.05. The van der Waals surface area contributed by atoms with Crippen LogP contribution in [0.25, 0.3) is 0 Å². The van der Waals surface area contributed by atoms with Crippen LogP contribution in [0.2, 0.25) is 0 Å². The molecule has 1 aromatic carbocycles. The molecule has 0 aromatic heterocycles. The molecule has 1 aromatic rings. The number of hydrogen-bond donors (Lipinski definition) is 0. The molecule has 3 heteroatoms. The average Bonchev–Trinajstić information content (AvgIpc) is 2.27. The molecular weight excluding hydrogens is 332 g/mol. The van der Waals surface area contributed by atoms with Gasteiger partial charge in [-0.25, -0.2) is 0 Å². The molecule has 0 aliphatic heterocycles. The summed E-state index contributed by atoms with van der Waals surface area (Å²) in [5, 5.41) is 0. The third-order valence-corrected chi connectivity index (χ3v) is 5.62. The number of hydrogen-bond acceptors (Lipinski definition) is 1. The minimum Gasteiger partial charge on any atom is -0.490 e. The van der Waals surface area contributed by atoms with Gasteiger partial charge in [-0.3, -0.25) is 0 Å². The Kier molecular flexibility index (Phi) is 3.65. The molecule has 1 aliphatic carbocycles. The number of ether oxygens (including phenoxy) is 1. The summed E-state index contributed by atoms with van der Waals surface area (Å²) in [5.74, 6) is 0.957. The van der Waals surface area contributed by atoms with Crippen molar-refractivity contribution < 1.29 is 4.74 Å². The lowest BCUT2D eigenvalue weighted by atomic mass is 9.65. The van der Waals surface area contributed by atoms with Gasteiger partial charge in [-0.1, -0.05) is 51.8 Å². The molecule has 0 radical (unpaired) electrons. The van der Waals surface area contributed by atoms with Crippen LogP contribution in [-0.4, -0.2) is 10.9 Å². The fourth-order valence-corrected chi connectivity index (χ4v) is 3.44. The van der Waals surface area contributed by atoms with Gasteiger partial charge in [0.05, 0.1) is 0 Å². The maximum atomic E-state index is 6.05. The number of alkyl halides is 1. The second-order valence-electron chi connectivity index (χ2n) is 4.63. The summed E-state index contributed by atoms with van der Waals surface area (Å²) in [6.45, 7) is 4.52. The lowest BCUT2D eigenvalue weighted by Crippen LogP contribution is -2.54. The molecular formula is C13H16Br2O. The number of halogens is 2. The Morgan fingerprint density at radius 1 is 1.50 bits per heavy atom. The van der Waals surface area contributed by atoms with E-state index in [4.69, 9.17) is 4.74 Å². The Morgan fingerprint density at radius 2 is 2.25 bits per heavy atom. The van der Waals surface area contributed by atoms with E-state index in [-0.39, 0.29) is 5.41 Å². The summed E-state index contributed by atoms with van der Waals surface area (Å²) >= 11 is 7.18. The van der Waals surface area contributed by atoms with Gasteiger partial charge in [0.15, 0.2) is 0 Å². The summed E-state index contributed by atoms with van der Waals surface area (Å²) in [6, 6.07) is 8.06. The first-order valence-corrected chi connectivity index (χ1v) is 7.33. The number of benzene rings is 1. The monoisotopic (exact) mass is 346 g/mol. The third-order valence-electron chi connectivity index (χ3n) is 3.71. The van der Waals surface area contributed by atoms with Crippen molar-refractivity contribution in [2.45, 2.75) is 37.6 Å². The molecule has 16 heavy (non-hydrogen) atoms. The Morgan fingerprint density at radius 3 is 2.81 bits per heavy atom. The fraction of sp³-hybridized carbons (Fsp3) is 0.538. The summed E-state index contributed by atoms with van der Waals surface area (Å²) in [7, 11) is 0. The first-order chi connectivity index (χ1) is 7.56. The van der Waals surface area contributed by atoms with Crippen molar-refractivity contribution in [1.29, 1.82) is 0 Å². The molecule has 1 fully saturated rings. The second-order valence-corrected chi connectivity index (χ2v) is 6.65. The van der Waals surface area contributed by atoms with Gasteiger partial charge >= 0.3 is 0 Å². The number of rotatable bonds is 3. The topological polar surface area (TPSA) is 9.23 Å². The smallest absolute Gasteiger partial charge is 0.120 e. The molecule has 3 unspecified atom stereocenters. The van der Waals surface area contributed by atoms with E-state index in [1.54, 1.807) is 0 Å². The quantitative estimate of drug-likeness (QED) is 0.715. The van der Waals surface area contributed by atoms with Crippen molar-refractivity contribution in [3.8, 4) is 5.75 Å².